The molecule has 41 heavy (non-hydrogen) atoms. The van der Waals surface area contributed by atoms with Crippen molar-refractivity contribution in [3.8, 4) is 17.0 Å². The first-order valence-corrected chi connectivity index (χ1v) is 13.5. The Labute approximate surface area is 251 Å². The molecule has 0 aliphatic carbocycles. The van der Waals surface area contributed by atoms with Crippen molar-refractivity contribution in [2.24, 2.45) is 0 Å². The molecule has 0 aliphatic heterocycles. The number of aromatic nitrogens is 6. The number of nitrogens with zero attached hydrogens (tertiary/aromatic N) is 8. The number of nitrogen functional groups attached to an aromatic ring is 2. The van der Waals surface area contributed by atoms with E-state index in [4.69, 9.17) is 21.1 Å². The molecule has 0 amide bonds. The Morgan fingerprint density at radius 3 is 1.61 bits per heavy atom. The third-order valence-electron chi connectivity index (χ3n) is 5.34. The van der Waals surface area contributed by atoms with Crippen molar-refractivity contribution in [2.45, 2.75) is 35.1 Å². The van der Waals surface area contributed by atoms with E-state index in [2.05, 4.69) is 64.6 Å². The fourth-order valence-corrected chi connectivity index (χ4v) is 3.62. The minimum Gasteiger partial charge on any atom is -0.535 e. The molecule has 4 aromatic heterocycles. The van der Waals surface area contributed by atoms with E-state index in [1.54, 1.807) is 24.5 Å². The summed E-state index contributed by atoms with van der Waals surface area (Å²) in [6.45, 7) is 11.8. The van der Waals surface area contributed by atoms with Crippen LogP contribution in [0.1, 0.15) is 35.1 Å². The number of pyridine rings is 2. The van der Waals surface area contributed by atoms with Crippen LogP contribution in [-0.4, -0.2) is 68.8 Å². The molecule has 0 bridgehead atoms. The molecule has 0 fully saturated rings. The van der Waals surface area contributed by atoms with Gasteiger partial charge in [-0.1, -0.05) is 19.6 Å². The standard InChI is InChI=1S/C13H17N5.C8H13BN3O2.C5H5BrN2.CH4/c1-3-18(4-2)13-15-8-10(9-16-13)11-6-5-7-12(14)17-11;1-3-12(4-2)8-10-5-7(6-11-8)14-9-13;6-4-2-1-3-5(7)8-4;/h5-9H,3-4H2,1-2H3,(H2,14,17);5-6,13H,3-4H2,1-2H3;1-3H,(H2,7,8);1H4. The van der Waals surface area contributed by atoms with E-state index in [-0.39, 0.29) is 7.43 Å². The highest BCUT2D eigenvalue weighted by Gasteiger charge is 2.07. The Hall–Kier alpha value is -4.04. The summed E-state index contributed by atoms with van der Waals surface area (Å²) < 4.78 is 5.47. The van der Waals surface area contributed by atoms with Gasteiger partial charge in [0.05, 0.1) is 18.1 Å². The lowest BCUT2D eigenvalue weighted by atomic mass is 10.2. The van der Waals surface area contributed by atoms with Crippen LogP contribution in [0.5, 0.6) is 5.75 Å². The average molecular weight is 626 g/mol. The molecule has 1 radical (unpaired) electrons. The molecular weight excluding hydrogens is 587 g/mol. The first-order chi connectivity index (χ1) is 19.3. The van der Waals surface area contributed by atoms with Crippen molar-refractivity contribution < 1.29 is 9.68 Å². The van der Waals surface area contributed by atoms with Gasteiger partial charge in [-0.3, -0.25) is 0 Å². The maximum atomic E-state index is 8.38. The second-order valence-electron chi connectivity index (χ2n) is 7.89. The van der Waals surface area contributed by atoms with Gasteiger partial charge in [-0.2, -0.15) is 0 Å². The minimum absolute atomic E-state index is 0. The van der Waals surface area contributed by atoms with Gasteiger partial charge in [-0.05, 0) is 67.9 Å². The van der Waals surface area contributed by atoms with Crippen molar-refractivity contribution in [2.75, 3.05) is 47.4 Å². The highest BCUT2D eigenvalue weighted by molar-refractivity contribution is 9.10. The van der Waals surface area contributed by atoms with Gasteiger partial charge in [0.1, 0.15) is 22.0 Å². The molecule has 0 saturated heterocycles. The lowest BCUT2D eigenvalue weighted by molar-refractivity contribution is 0.451. The van der Waals surface area contributed by atoms with Gasteiger partial charge in [-0.25, -0.2) is 29.9 Å². The Morgan fingerprint density at radius 1 is 0.756 bits per heavy atom. The molecule has 0 atom stereocenters. The fourth-order valence-electron chi connectivity index (χ4n) is 3.26. The van der Waals surface area contributed by atoms with Gasteiger partial charge in [-0.15, -0.1) is 0 Å². The Morgan fingerprint density at radius 2 is 1.22 bits per heavy atom. The Kier molecular flexibility index (Phi) is 16.3. The maximum Gasteiger partial charge on any atom is 0.569 e. The van der Waals surface area contributed by atoms with E-state index in [1.165, 1.54) is 12.4 Å². The summed E-state index contributed by atoms with van der Waals surface area (Å²) in [5, 5.41) is 8.38. The predicted octanol–water partition coefficient (Wildman–Crippen LogP) is 4.26. The molecule has 4 rings (SSSR count). The van der Waals surface area contributed by atoms with Gasteiger partial charge in [0.2, 0.25) is 11.9 Å². The van der Waals surface area contributed by atoms with Crippen molar-refractivity contribution in [3.05, 3.63) is 65.8 Å². The van der Waals surface area contributed by atoms with Crippen LogP contribution >= 0.6 is 15.9 Å². The zero-order valence-corrected chi connectivity index (χ0v) is 24.7. The van der Waals surface area contributed by atoms with E-state index in [0.29, 0.717) is 31.0 Å². The third kappa shape index (κ3) is 11.9. The van der Waals surface area contributed by atoms with Gasteiger partial charge in [0.25, 0.3) is 0 Å². The molecule has 0 aliphatic rings. The van der Waals surface area contributed by atoms with Crippen LogP contribution in [-0.2, 0) is 0 Å². The van der Waals surface area contributed by atoms with Crippen LogP contribution in [0.3, 0.4) is 0 Å². The number of hydrogen-bond donors (Lipinski definition) is 3. The lowest BCUT2D eigenvalue weighted by Crippen LogP contribution is -2.24. The summed E-state index contributed by atoms with van der Waals surface area (Å²) >= 11 is 3.17. The highest BCUT2D eigenvalue weighted by Crippen LogP contribution is 2.17. The van der Waals surface area contributed by atoms with Crippen LogP contribution in [0.15, 0.2) is 65.8 Å². The molecule has 14 heteroatoms. The number of hydrogen-bond acceptors (Lipinski definition) is 12. The highest BCUT2D eigenvalue weighted by atomic mass is 79.9. The second kappa shape index (κ2) is 19.1. The Balaban J connectivity index is 0.000000325. The molecule has 0 saturated carbocycles. The van der Waals surface area contributed by atoms with E-state index >= 15 is 0 Å². The molecule has 4 aromatic rings. The van der Waals surface area contributed by atoms with Crippen LogP contribution in [0.25, 0.3) is 11.3 Å². The van der Waals surface area contributed by atoms with Crippen LogP contribution in [0.4, 0.5) is 23.5 Å². The number of rotatable bonds is 9. The summed E-state index contributed by atoms with van der Waals surface area (Å²) in [6, 6.07) is 10.9. The summed E-state index contributed by atoms with van der Waals surface area (Å²) in [5.41, 5.74) is 12.6. The van der Waals surface area contributed by atoms with Crippen LogP contribution in [0, 0.1) is 0 Å². The second-order valence-corrected chi connectivity index (χ2v) is 8.70. The SMILES string of the molecule is C.CCN(CC)c1ncc(-c2cccc(N)n2)cn1.CCN(CC)c1ncc(O[B]O)cn1.Nc1cccc(Br)n1. The molecule has 12 nitrogen and oxygen atoms in total. The summed E-state index contributed by atoms with van der Waals surface area (Å²) in [6.07, 6.45) is 6.60. The van der Waals surface area contributed by atoms with Gasteiger partial charge in [0, 0.05) is 44.1 Å². The van der Waals surface area contributed by atoms with E-state index < -0.39 is 0 Å². The molecule has 4 heterocycles. The topological polar surface area (TPSA) is 165 Å². The van der Waals surface area contributed by atoms with E-state index in [9.17, 15) is 0 Å². The summed E-state index contributed by atoms with van der Waals surface area (Å²) in [4.78, 5) is 29.1. The fraction of sp³-hybridized carbons (Fsp3) is 0.333. The first kappa shape index (κ1) is 35.0. The maximum absolute atomic E-state index is 8.38. The molecule has 219 valence electrons. The lowest BCUT2D eigenvalue weighted by Gasteiger charge is -2.18. The molecule has 0 unspecified atom stereocenters. The van der Waals surface area contributed by atoms with E-state index in [1.807, 2.05) is 43.0 Å². The summed E-state index contributed by atoms with van der Waals surface area (Å²) in [7, 11) is 0.607. The first-order valence-electron chi connectivity index (χ1n) is 12.7. The third-order valence-corrected chi connectivity index (χ3v) is 5.78. The van der Waals surface area contributed by atoms with Crippen LogP contribution in [0.2, 0.25) is 0 Å². The van der Waals surface area contributed by atoms with E-state index in [0.717, 1.165) is 48.0 Å². The zero-order chi connectivity index (χ0) is 29.3. The van der Waals surface area contributed by atoms with Crippen molar-refractivity contribution in [1.82, 2.24) is 29.9 Å². The van der Waals surface area contributed by atoms with Gasteiger partial charge >= 0.3 is 7.69 Å². The molecular formula is C27H39BBrN10O2. The van der Waals surface area contributed by atoms with Crippen molar-refractivity contribution >= 4 is 47.1 Å². The average Bonchev–Trinajstić information content (AvgIpc) is 2.96. The number of halogens is 1. The quantitative estimate of drug-likeness (QED) is 0.179. The predicted molar refractivity (Wildman–Crippen MR) is 171 cm³/mol. The molecule has 0 spiro atoms. The number of anilines is 4. The monoisotopic (exact) mass is 625 g/mol. The van der Waals surface area contributed by atoms with Crippen molar-refractivity contribution in [1.29, 1.82) is 0 Å². The summed E-state index contributed by atoms with van der Waals surface area (Å²) in [5.74, 6) is 2.87. The minimum atomic E-state index is 0. The normalized spacial score (nSPS) is 9.61. The smallest absolute Gasteiger partial charge is 0.535 e. The van der Waals surface area contributed by atoms with Gasteiger partial charge in [0.15, 0.2) is 0 Å². The molecule has 5 N–H and O–H groups in total. The Bertz CT molecular complexity index is 1240. The zero-order valence-electron chi connectivity index (χ0n) is 23.1. The van der Waals surface area contributed by atoms with Gasteiger partial charge < -0.3 is 30.9 Å². The molecule has 0 aromatic carbocycles. The number of nitrogens with two attached hydrogens (primary N) is 2. The largest absolute Gasteiger partial charge is 0.569 e. The van der Waals surface area contributed by atoms with Crippen LogP contribution < -0.4 is 25.9 Å². The van der Waals surface area contributed by atoms with Crippen molar-refractivity contribution in [3.63, 3.8) is 0 Å².